The fourth-order valence-electron chi connectivity index (χ4n) is 2.94. The number of aryl methyl sites for hydroxylation is 1. The van der Waals surface area contributed by atoms with Crippen LogP contribution in [0.4, 0.5) is 4.39 Å². The SMILES string of the molecule is Cn1cc([C@H]2CNC[C@@H]2C(=O)NCc2c(F)cccc2Cl)cn1. The van der Waals surface area contributed by atoms with Gasteiger partial charge in [-0.05, 0) is 17.7 Å². The smallest absolute Gasteiger partial charge is 0.225 e. The highest BCUT2D eigenvalue weighted by molar-refractivity contribution is 6.31. The van der Waals surface area contributed by atoms with Gasteiger partial charge in [0.2, 0.25) is 5.91 Å². The summed E-state index contributed by atoms with van der Waals surface area (Å²) in [6.07, 6.45) is 3.71. The molecule has 0 saturated carbocycles. The van der Waals surface area contributed by atoms with E-state index in [0.717, 1.165) is 12.1 Å². The summed E-state index contributed by atoms with van der Waals surface area (Å²) in [7, 11) is 1.85. The summed E-state index contributed by atoms with van der Waals surface area (Å²) in [4.78, 5) is 12.5. The number of amides is 1. The predicted molar refractivity (Wildman–Crippen MR) is 85.6 cm³/mol. The molecule has 2 atom stereocenters. The molecule has 0 unspecified atom stereocenters. The second-order valence-electron chi connectivity index (χ2n) is 5.74. The molecule has 2 heterocycles. The Labute approximate surface area is 138 Å². The van der Waals surface area contributed by atoms with Crippen LogP contribution in [0, 0.1) is 11.7 Å². The molecule has 7 heteroatoms. The van der Waals surface area contributed by atoms with Crippen molar-refractivity contribution in [2.24, 2.45) is 13.0 Å². The molecule has 0 bridgehead atoms. The number of rotatable bonds is 4. The highest BCUT2D eigenvalue weighted by Gasteiger charge is 2.34. The molecular weight excluding hydrogens is 319 g/mol. The highest BCUT2D eigenvalue weighted by atomic mass is 35.5. The van der Waals surface area contributed by atoms with Crippen LogP contribution >= 0.6 is 11.6 Å². The lowest BCUT2D eigenvalue weighted by molar-refractivity contribution is -0.125. The molecule has 23 heavy (non-hydrogen) atoms. The van der Waals surface area contributed by atoms with E-state index < -0.39 is 5.82 Å². The number of nitrogens with one attached hydrogen (secondary N) is 2. The zero-order valence-electron chi connectivity index (χ0n) is 12.7. The number of aromatic nitrogens is 2. The Morgan fingerprint density at radius 1 is 1.52 bits per heavy atom. The number of hydrogen-bond donors (Lipinski definition) is 2. The lowest BCUT2D eigenvalue weighted by Gasteiger charge is -2.17. The first kappa shape index (κ1) is 16.0. The van der Waals surface area contributed by atoms with Gasteiger partial charge in [0, 0.05) is 49.4 Å². The molecule has 0 spiro atoms. The van der Waals surface area contributed by atoms with Crippen molar-refractivity contribution in [1.82, 2.24) is 20.4 Å². The maximum Gasteiger partial charge on any atom is 0.225 e. The van der Waals surface area contributed by atoms with Crippen LogP contribution in [-0.2, 0) is 18.4 Å². The minimum absolute atomic E-state index is 0.0693. The van der Waals surface area contributed by atoms with Crippen molar-refractivity contribution >= 4 is 17.5 Å². The van der Waals surface area contributed by atoms with Gasteiger partial charge in [-0.25, -0.2) is 4.39 Å². The molecule has 0 radical (unpaired) electrons. The molecule has 2 aromatic rings. The molecule has 1 fully saturated rings. The number of benzene rings is 1. The van der Waals surface area contributed by atoms with E-state index >= 15 is 0 Å². The Hall–Kier alpha value is -1.92. The third kappa shape index (κ3) is 3.38. The van der Waals surface area contributed by atoms with E-state index in [9.17, 15) is 9.18 Å². The van der Waals surface area contributed by atoms with Crippen molar-refractivity contribution in [3.63, 3.8) is 0 Å². The van der Waals surface area contributed by atoms with Crippen LogP contribution in [-0.4, -0.2) is 28.8 Å². The quantitative estimate of drug-likeness (QED) is 0.895. The third-order valence-corrected chi connectivity index (χ3v) is 4.56. The first-order chi connectivity index (χ1) is 11.1. The van der Waals surface area contributed by atoms with Crippen LogP contribution in [0.25, 0.3) is 0 Å². The number of hydrogen-bond acceptors (Lipinski definition) is 3. The van der Waals surface area contributed by atoms with Crippen LogP contribution in [0.2, 0.25) is 5.02 Å². The van der Waals surface area contributed by atoms with Crippen LogP contribution in [0.15, 0.2) is 30.6 Å². The van der Waals surface area contributed by atoms with E-state index in [1.165, 1.54) is 6.07 Å². The number of nitrogens with zero attached hydrogens (tertiary/aromatic N) is 2. The molecule has 2 N–H and O–H groups in total. The van der Waals surface area contributed by atoms with Crippen LogP contribution in [0.1, 0.15) is 17.0 Å². The van der Waals surface area contributed by atoms with Gasteiger partial charge in [0.25, 0.3) is 0 Å². The van der Waals surface area contributed by atoms with E-state index in [2.05, 4.69) is 15.7 Å². The predicted octanol–water partition coefficient (Wildman–Crippen LogP) is 1.83. The Morgan fingerprint density at radius 3 is 3.04 bits per heavy atom. The molecule has 1 aromatic carbocycles. The summed E-state index contributed by atoms with van der Waals surface area (Å²) in [6, 6.07) is 4.49. The Bertz CT molecular complexity index is 698. The number of halogens is 2. The summed E-state index contributed by atoms with van der Waals surface area (Å²) < 4.78 is 15.5. The summed E-state index contributed by atoms with van der Waals surface area (Å²) >= 11 is 5.99. The summed E-state index contributed by atoms with van der Waals surface area (Å²) in [5.74, 6) is -0.654. The average molecular weight is 337 g/mol. The fraction of sp³-hybridized carbons (Fsp3) is 0.375. The third-order valence-electron chi connectivity index (χ3n) is 4.21. The van der Waals surface area contributed by atoms with E-state index in [-0.39, 0.29) is 24.3 Å². The van der Waals surface area contributed by atoms with Crippen LogP contribution < -0.4 is 10.6 Å². The molecule has 0 aliphatic carbocycles. The van der Waals surface area contributed by atoms with Crippen molar-refractivity contribution < 1.29 is 9.18 Å². The van der Waals surface area contributed by atoms with Gasteiger partial charge < -0.3 is 10.6 Å². The van der Waals surface area contributed by atoms with Crippen molar-refractivity contribution in [3.05, 3.63) is 52.6 Å². The van der Waals surface area contributed by atoms with Crippen molar-refractivity contribution in [1.29, 1.82) is 0 Å². The zero-order chi connectivity index (χ0) is 16.4. The monoisotopic (exact) mass is 336 g/mol. The summed E-state index contributed by atoms with van der Waals surface area (Å²) in [5.41, 5.74) is 1.34. The van der Waals surface area contributed by atoms with Gasteiger partial charge in [-0.15, -0.1) is 0 Å². The van der Waals surface area contributed by atoms with E-state index in [1.807, 2.05) is 13.2 Å². The molecule has 1 saturated heterocycles. The maximum atomic E-state index is 13.8. The summed E-state index contributed by atoms with van der Waals surface area (Å²) in [6.45, 7) is 1.40. The molecule has 3 rings (SSSR count). The standard InChI is InChI=1S/C16H18ClFN4O/c1-22-9-10(5-21-22)11-6-19-7-12(11)16(23)20-8-13-14(17)3-2-4-15(13)18/h2-5,9,11-12,19H,6-8H2,1H3,(H,20,23)/t11-,12+/m1/s1. The van der Waals surface area contributed by atoms with Gasteiger partial charge in [-0.3, -0.25) is 9.48 Å². The van der Waals surface area contributed by atoms with Crippen LogP contribution in [0.5, 0.6) is 0 Å². The van der Waals surface area contributed by atoms with Gasteiger partial charge in [0.1, 0.15) is 5.82 Å². The number of carbonyl (C=O) groups excluding carboxylic acids is 1. The van der Waals surface area contributed by atoms with Gasteiger partial charge in [0.15, 0.2) is 0 Å². The maximum absolute atomic E-state index is 13.8. The molecule has 1 aromatic heterocycles. The zero-order valence-corrected chi connectivity index (χ0v) is 13.5. The molecule has 5 nitrogen and oxygen atoms in total. The topological polar surface area (TPSA) is 59.0 Å². The number of carbonyl (C=O) groups is 1. The van der Waals surface area contributed by atoms with Gasteiger partial charge in [0.05, 0.1) is 12.1 Å². The molecular formula is C16H18ClFN4O. The Balaban J connectivity index is 1.68. The van der Waals surface area contributed by atoms with Crippen LogP contribution in [0.3, 0.4) is 0 Å². The first-order valence-corrected chi connectivity index (χ1v) is 7.84. The second-order valence-corrected chi connectivity index (χ2v) is 6.14. The normalized spacial score (nSPS) is 20.7. The second kappa shape index (κ2) is 6.68. The van der Waals surface area contributed by atoms with Gasteiger partial charge in [-0.2, -0.15) is 5.10 Å². The Morgan fingerprint density at radius 2 is 2.35 bits per heavy atom. The molecule has 1 aliphatic heterocycles. The molecule has 122 valence electrons. The largest absolute Gasteiger partial charge is 0.352 e. The van der Waals surface area contributed by atoms with Gasteiger partial charge in [-0.1, -0.05) is 17.7 Å². The van der Waals surface area contributed by atoms with Gasteiger partial charge >= 0.3 is 0 Å². The summed E-state index contributed by atoms with van der Waals surface area (Å²) in [5, 5.41) is 10.5. The average Bonchev–Trinajstić information content (AvgIpc) is 3.14. The van der Waals surface area contributed by atoms with E-state index in [4.69, 9.17) is 11.6 Å². The Kier molecular flexibility index (Phi) is 4.63. The van der Waals surface area contributed by atoms with E-state index in [1.54, 1.807) is 23.0 Å². The minimum atomic E-state index is -0.411. The van der Waals surface area contributed by atoms with Crippen molar-refractivity contribution in [2.75, 3.05) is 13.1 Å². The minimum Gasteiger partial charge on any atom is -0.352 e. The molecule has 1 aliphatic rings. The lowest BCUT2D eigenvalue weighted by Crippen LogP contribution is -2.34. The molecule has 1 amide bonds. The van der Waals surface area contributed by atoms with Crippen molar-refractivity contribution in [3.8, 4) is 0 Å². The fourth-order valence-corrected chi connectivity index (χ4v) is 3.17. The highest BCUT2D eigenvalue weighted by Crippen LogP contribution is 2.28. The lowest BCUT2D eigenvalue weighted by atomic mass is 9.90. The van der Waals surface area contributed by atoms with E-state index in [0.29, 0.717) is 17.1 Å². The first-order valence-electron chi connectivity index (χ1n) is 7.46. The van der Waals surface area contributed by atoms with Crippen molar-refractivity contribution in [2.45, 2.75) is 12.5 Å².